The van der Waals surface area contributed by atoms with Gasteiger partial charge in [0.1, 0.15) is 0 Å². The fraction of sp³-hybridized carbons (Fsp3) is 1.00. The summed E-state index contributed by atoms with van der Waals surface area (Å²) in [7, 11) is 0. The molecule has 0 aromatic heterocycles. The number of nitrogens with zero attached hydrogens (tertiary/aromatic N) is 1. The van der Waals surface area contributed by atoms with Crippen molar-refractivity contribution in [1.29, 1.82) is 0 Å². The van der Waals surface area contributed by atoms with E-state index < -0.39 is 0 Å². The molecule has 0 rings (SSSR count). The Bertz CT molecular complexity index is 97.8. The van der Waals surface area contributed by atoms with Crippen molar-refractivity contribution in [2.75, 3.05) is 36.1 Å². The minimum Gasteiger partial charge on any atom is -0.240 e. The van der Waals surface area contributed by atoms with Crippen LogP contribution in [0.1, 0.15) is 39.5 Å². The molecule has 0 fully saturated rings. The average Bonchev–Trinajstić information content (AvgIpc) is 2.26. The molecule has 3 heteroatoms. The van der Waals surface area contributed by atoms with Gasteiger partial charge in [-0.1, -0.05) is 26.7 Å². The van der Waals surface area contributed by atoms with Crippen LogP contribution in [0.15, 0.2) is 0 Å². The number of hydrogen-bond donors (Lipinski definition) is 0. The minimum absolute atomic E-state index is 1.06. The van der Waals surface area contributed by atoms with Crippen LogP contribution in [0.3, 0.4) is 0 Å². The first-order valence-corrected chi connectivity index (χ1v) is 8.51. The van der Waals surface area contributed by atoms with E-state index in [4.69, 9.17) is 0 Å². The van der Waals surface area contributed by atoms with Crippen LogP contribution in [0.5, 0.6) is 0 Å². The molecule has 0 aromatic carbocycles. The minimum atomic E-state index is 1.06. The molecule has 0 aromatic rings. The third-order valence-electron chi connectivity index (χ3n) is 2.07. The second-order valence-electron chi connectivity index (χ2n) is 3.60. The van der Waals surface area contributed by atoms with Gasteiger partial charge in [-0.15, -0.1) is 0 Å². The van der Waals surface area contributed by atoms with Crippen LogP contribution < -0.4 is 5.32 Å². The summed E-state index contributed by atoms with van der Waals surface area (Å²) >= 11 is 4.10. The van der Waals surface area contributed by atoms with E-state index in [1.165, 1.54) is 48.7 Å². The highest BCUT2D eigenvalue weighted by Gasteiger charge is 1.92. The fourth-order valence-electron chi connectivity index (χ4n) is 1.07. The second kappa shape index (κ2) is 14.7. The molecule has 0 saturated carbocycles. The molecule has 1 radical (unpaired) electrons. The van der Waals surface area contributed by atoms with E-state index in [0.29, 0.717) is 0 Å². The number of hydrogen-bond acceptors (Lipinski definition) is 2. The zero-order valence-corrected chi connectivity index (χ0v) is 12.0. The molecule has 0 spiro atoms. The molecule has 0 heterocycles. The molecular weight excluding hydrogens is 222 g/mol. The molecule has 0 unspecified atom stereocenters. The van der Waals surface area contributed by atoms with Gasteiger partial charge in [-0.05, 0) is 24.3 Å². The quantitative estimate of drug-likeness (QED) is 0.489. The van der Waals surface area contributed by atoms with Crippen molar-refractivity contribution in [3.05, 3.63) is 0 Å². The monoisotopic (exact) mass is 248 g/mol. The van der Waals surface area contributed by atoms with Crippen LogP contribution in [0, 0.1) is 0 Å². The summed E-state index contributed by atoms with van der Waals surface area (Å²) in [5.41, 5.74) is 0. The maximum atomic E-state index is 4.52. The molecule has 0 N–H and O–H groups in total. The Balaban J connectivity index is 2.81. The van der Waals surface area contributed by atoms with Crippen molar-refractivity contribution in [2.24, 2.45) is 0 Å². The third-order valence-corrected chi connectivity index (χ3v) is 4.17. The van der Waals surface area contributed by atoms with E-state index in [0.717, 1.165) is 13.1 Å². The summed E-state index contributed by atoms with van der Waals surface area (Å²) in [6, 6.07) is 0. The van der Waals surface area contributed by atoms with Crippen molar-refractivity contribution in [2.45, 2.75) is 39.5 Å². The van der Waals surface area contributed by atoms with E-state index in [9.17, 15) is 0 Å². The summed E-state index contributed by atoms with van der Waals surface area (Å²) in [6.45, 7) is 6.61. The van der Waals surface area contributed by atoms with Crippen molar-refractivity contribution < 1.29 is 0 Å². The molecule has 0 aliphatic rings. The van der Waals surface area contributed by atoms with Gasteiger partial charge in [0, 0.05) is 24.6 Å². The molecule has 15 heavy (non-hydrogen) atoms. The van der Waals surface area contributed by atoms with Gasteiger partial charge in [-0.25, -0.2) is 5.32 Å². The first kappa shape index (κ1) is 15.7. The second-order valence-corrected chi connectivity index (χ2v) is 6.05. The maximum Gasteiger partial charge on any atom is 0.0224 e. The maximum absolute atomic E-state index is 4.52. The normalized spacial score (nSPS) is 10.8. The molecule has 0 aliphatic carbocycles. The molecule has 0 amide bonds. The van der Waals surface area contributed by atoms with Crippen LogP contribution in [-0.4, -0.2) is 36.1 Å². The van der Waals surface area contributed by atoms with Gasteiger partial charge < -0.3 is 0 Å². The lowest BCUT2D eigenvalue weighted by Gasteiger charge is -2.02. The Morgan fingerprint density at radius 1 is 0.733 bits per heavy atom. The molecule has 0 saturated heterocycles. The van der Waals surface area contributed by atoms with Gasteiger partial charge in [0.2, 0.25) is 0 Å². The van der Waals surface area contributed by atoms with E-state index in [1.807, 2.05) is 23.5 Å². The molecule has 1 nitrogen and oxygen atoms in total. The van der Waals surface area contributed by atoms with Crippen LogP contribution in [0.4, 0.5) is 0 Å². The van der Waals surface area contributed by atoms with Gasteiger partial charge in [0.25, 0.3) is 0 Å². The number of rotatable bonds is 12. The Morgan fingerprint density at radius 3 is 1.60 bits per heavy atom. The zero-order valence-electron chi connectivity index (χ0n) is 10.3. The SMILES string of the molecule is CCCCSCC[N]CCSCCCC. The van der Waals surface area contributed by atoms with E-state index in [2.05, 4.69) is 19.2 Å². The highest BCUT2D eigenvalue weighted by molar-refractivity contribution is 7.99. The van der Waals surface area contributed by atoms with Crippen LogP contribution in [-0.2, 0) is 0 Å². The van der Waals surface area contributed by atoms with Crippen LogP contribution in [0.25, 0.3) is 0 Å². The zero-order chi connectivity index (χ0) is 11.2. The van der Waals surface area contributed by atoms with Crippen molar-refractivity contribution in [3.8, 4) is 0 Å². The van der Waals surface area contributed by atoms with Gasteiger partial charge >= 0.3 is 0 Å². The largest absolute Gasteiger partial charge is 0.240 e. The van der Waals surface area contributed by atoms with E-state index >= 15 is 0 Å². The van der Waals surface area contributed by atoms with Gasteiger partial charge in [0.05, 0.1) is 0 Å². The molecule has 0 aliphatic heterocycles. The molecular formula is C12H26NS2. The van der Waals surface area contributed by atoms with Crippen molar-refractivity contribution >= 4 is 23.5 Å². The predicted molar refractivity (Wildman–Crippen MR) is 76.3 cm³/mol. The Labute approximate surface area is 105 Å². The van der Waals surface area contributed by atoms with Gasteiger partial charge in [-0.2, -0.15) is 23.5 Å². The molecule has 0 bridgehead atoms. The molecule has 91 valence electrons. The van der Waals surface area contributed by atoms with Crippen molar-refractivity contribution in [1.82, 2.24) is 5.32 Å². The lowest BCUT2D eigenvalue weighted by Crippen LogP contribution is -2.12. The van der Waals surface area contributed by atoms with Crippen LogP contribution >= 0.6 is 23.5 Å². The summed E-state index contributed by atoms with van der Waals surface area (Å²) in [5, 5.41) is 4.52. The number of unbranched alkanes of at least 4 members (excludes halogenated alkanes) is 2. The standard InChI is InChI=1S/C12H26NS2/c1-3-5-9-14-11-7-13-8-12-15-10-6-4-2/h3-12H2,1-2H3. The molecule has 0 atom stereocenters. The summed E-state index contributed by atoms with van der Waals surface area (Å²) < 4.78 is 0. The third kappa shape index (κ3) is 14.7. The summed E-state index contributed by atoms with van der Waals surface area (Å²) in [4.78, 5) is 0. The first-order valence-electron chi connectivity index (χ1n) is 6.20. The lowest BCUT2D eigenvalue weighted by atomic mass is 10.4. The fourth-order valence-corrected chi connectivity index (χ4v) is 2.98. The Hall–Kier alpha value is 0.660. The topological polar surface area (TPSA) is 14.1 Å². The highest BCUT2D eigenvalue weighted by Crippen LogP contribution is 2.04. The Morgan fingerprint density at radius 2 is 1.20 bits per heavy atom. The number of thioether (sulfide) groups is 2. The van der Waals surface area contributed by atoms with E-state index in [-0.39, 0.29) is 0 Å². The van der Waals surface area contributed by atoms with E-state index in [1.54, 1.807) is 0 Å². The smallest absolute Gasteiger partial charge is 0.0224 e. The van der Waals surface area contributed by atoms with Crippen LogP contribution in [0.2, 0.25) is 0 Å². The summed E-state index contributed by atoms with van der Waals surface area (Å²) in [5.74, 6) is 5.08. The van der Waals surface area contributed by atoms with Gasteiger partial charge in [-0.3, -0.25) is 0 Å². The Kier molecular flexibility index (Phi) is 15.3. The summed E-state index contributed by atoms with van der Waals surface area (Å²) in [6.07, 6.45) is 5.35. The predicted octanol–water partition coefficient (Wildman–Crippen LogP) is 3.66. The first-order chi connectivity index (χ1) is 7.41. The van der Waals surface area contributed by atoms with Gasteiger partial charge in [0.15, 0.2) is 0 Å². The van der Waals surface area contributed by atoms with Crippen molar-refractivity contribution in [3.63, 3.8) is 0 Å². The lowest BCUT2D eigenvalue weighted by molar-refractivity contribution is 0.755. The average molecular weight is 248 g/mol. The highest BCUT2D eigenvalue weighted by atomic mass is 32.2.